The lowest BCUT2D eigenvalue weighted by atomic mass is 10.0. The Balaban J connectivity index is 1.67. The molecule has 0 radical (unpaired) electrons. The van der Waals surface area contributed by atoms with Crippen molar-refractivity contribution in [2.75, 3.05) is 6.54 Å². The molecule has 0 saturated carbocycles. The molecule has 192 valence electrons. The van der Waals surface area contributed by atoms with Crippen molar-refractivity contribution in [3.05, 3.63) is 50.8 Å². The Labute approximate surface area is 215 Å². The number of alkyl halides is 3. The lowest BCUT2D eigenvalue weighted by Crippen LogP contribution is -2.45. The van der Waals surface area contributed by atoms with Gasteiger partial charge in [-0.05, 0) is 47.7 Å². The van der Waals surface area contributed by atoms with Gasteiger partial charge in [0.15, 0.2) is 6.10 Å². The summed E-state index contributed by atoms with van der Waals surface area (Å²) in [5, 5.41) is 22.1. The number of thioether (sulfide) groups is 1. The third-order valence-electron chi connectivity index (χ3n) is 5.05. The normalized spacial score (nSPS) is 16.9. The van der Waals surface area contributed by atoms with Crippen molar-refractivity contribution < 1.29 is 42.2 Å². The summed E-state index contributed by atoms with van der Waals surface area (Å²) < 4.78 is 52.8. The van der Waals surface area contributed by atoms with E-state index in [4.69, 9.17) is 17.3 Å². The van der Waals surface area contributed by atoms with Crippen molar-refractivity contribution >= 4 is 63.5 Å². The van der Waals surface area contributed by atoms with E-state index < -0.39 is 47.5 Å². The number of hydrogen-bond acceptors (Lipinski definition) is 7. The van der Waals surface area contributed by atoms with Crippen LogP contribution < -0.4 is 5.32 Å². The first-order valence-electron chi connectivity index (χ1n) is 10.2. The van der Waals surface area contributed by atoms with Crippen LogP contribution in [0.1, 0.15) is 23.8 Å². The summed E-state index contributed by atoms with van der Waals surface area (Å²) in [5.74, 6) is -3.90. The molecule has 1 aromatic carbocycles. The Kier molecular flexibility index (Phi) is 8.54. The van der Waals surface area contributed by atoms with Crippen LogP contribution in [0.4, 0.5) is 17.6 Å². The molecule has 7 nitrogen and oxygen atoms in total. The number of aliphatic carboxylic acids is 1. The van der Waals surface area contributed by atoms with Gasteiger partial charge in [0.2, 0.25) is 5.91 Å². The standard InChI is InChI=1S/C22H18F4N2O5S3/c1-10(18(30)20(32)33)27-17(29)4-5-28-19(31)16(36-21(28)34)8-13-6-12(9-35-13)11-2-3-15(23)14(7-11)22(24,25)26/h2-3,6-10,18,30H,4-5H2,1H3,(H,27,29)(H,32,33)/t10-,18+/m1/s1. The molecule has 1 aliphatic rings. The molecule has 0 spiro atoms. The number of carbonyl (C=O) groups excluding carboxylic acids is 2. The summed E-state index contributed by atoms with van der Waals surface area (Å²) in [4.78, 5) is 37.6. The van der Waals surface area contributed by atoms with E-state index >= 15 is 0 Å². The zero-order chi connectivity index (χ0) is 26.8. The number of halogens is 4. The molecule has 2 aromatic rings. The van der Waals surface area contributed by atoms with Gasteiger partial charge in [0.05, 0.1) is 16.5 Å². The zero-order valence-electron chi connectivity index (χ0n) is 18.3. The van der Waals surface area contributed by atoms with Crippen LogP contribution in [0.5, 0.6) is 0 Å². The zero-order valence-corrected chi connectivity index (χ0v) is 20.8. The molecule has 1 saturated heterocycles. The number of nitrogens with zero attached hydrogens (tertiary/aromatic N) is 1. The number of hydrogen-bond donors (Lipinski definition) is 3. The molecule has 3 rings (SSSR count). The Bertz CT molecular complexity index is 1240. The smallest absolute Gasteiger partial charge is 0.419 e. The monoisotopic (exact) mass is 562 g/mol. The molecule has 14 heteroatoms. The van der Waals surface area contributed by atoms with Gasteiger partial charge in [0.1, 0.15) is 10.1 Å². The number of amides is 2. The van der Waals surface area contributed by atoms with Crippen molar-refractivity contribution in [3.63, 3.8) is 0 Å². The van der Waals surface area contributed by atoms with Crippen LogP contribution in [0, 0.1) is 5.82 Å². The summed E-state index contributed by atoms with van der Waals surface area (Å²) in [6.07, 6.45) is -5.28. The fourth-order valence-electron chi connectivity index (χ4n) is 3.16. The van der Waals surface area contributed by atoms with Gasteiger partial charge in [0.25, 0.3) is 5.91 Å². The van der Waals surface area contributed by atoms with E-state index in [-0.39, 0.29) is 27.8 Å². The number of rotatable bonds is 8. The Morgan fingerprint density at radius 1 is 1.25 bits per heavy atom. The van der Waals surface area contributed by atoms with Gasteiger partial charge in [-0.1, -0.05) is 30.0 Å². The first kappa shape index (κ1) is 27.8. The van der Waals surface area contributed by atoms with Crippen LogP contribution in [0.15, 0.2) is 34.6 Å². The highest BCUT2D eigenvalue weighted by Crippen LogP contribution is 2.37. The fourth-order valence-corrected chi connectivity index (χ4v) is 5.38. The van der Waals surface area contributed by atoms with Gasteiger partial charge in [0, 0.05) is 17.8 Å². The van der Waals surface area contributed by atoms with E-state index in [0.29, 0.717) is 10.4 Å². The molecule has 36 heavy (non-hydrogen) atoms. The van der Waals surface area contributed by atoms with Crippen LogP contribution in [0.2, 0.25) is 0 Å². The van der Waals surface area contributed by atoms with Crippen molar-refractivity contribution in [1.82, 2.24) is 10.2 Å². The van der Waals surface area contributed by atoms with Gasteiger partial charge < -0.3 is 15.5 Å². The van der Waals surface area contributed by atoms with Gasteiger partial charge in [-0.25, -0.2) is 9.18 Å². The number of benzene rings is 1. The lowest BCUT2D eigenvalue weighted by Gasteiger charge is -2.18. The Hall–Kier alpha value is -2.81. The largest absolute Gasteiger partial charge is 0.479 e. The van der Waals surface area contributed by atoms with E-state index in [0.717, 1.165) is 23.9 Å². The topological polar surface area (TPSA) is 107 Å². The Morgan fingerprint density at radius 3 is 2.58 bits per heavy atom. The van der Waals surface area contributed by atoms with Crippen molar-refractivity contribution in [1.29, 1.82) is 0 Å². The average Bonchev–Trinajstić information content (AvgIpc) is 3.35. The summed E-state index contributed by atoms with van der Waals surface area (Å²) in [5.41, 5.74) is -0.786. The second kappa shape index (κ2) is 11.1. The van der Waals surface area contributed by atoms with Crippen LogP contribution in [0.25, 0.3) is 17.2 Å². The molecular formula is C22H18F4N2O5S3. The highest BCUT2D eigenvalue weighted by Gasteiger charge is 2.35. The molecule has 0 unspecified atom stereocenters. The average molecular weight is 563 g/mol. The highest BCUT2D eigenvalue weighted by molar-refractivity contribution is 8.26. The minimum absolute atomic E-state index is 0.0742. The third kappa shape index (κ3) is 6.49. The van der Waals surface area contributed by atoms with Crippen LogP contribution >= 0.6 is 35.3 Å². The van der Waals surface area contributed by atoms with Gasteiger partial charge in [-0.2, -0.15) is 13.2 Å². The molecule has 2 heterocycles. The Morgan fingerprint density at radius 2 is 1.94 bits per heavy atom. The third-order valence-corrected chi connectivity index (χ3v) is 7.31. The lowest BCUT2D eigenvalue weighted by molar-refractivity contribution is -0.148. The van der Waals surface area contributed by atoms with E-state index in [1.54, 1.807) is 11.4 Å². The van der Waals surface area contributed by atoms with Gasteiger partial charge in [-0.3, -0.25) is 14.5 Å². The second-order valence-electron chi connectivity index (χ2n) is 7.65. The predicted molar refractivity (Wildman–Crippen MR) is 130 cm³/mol. The maximum atomic E-state index is 13.6. The minimum Gasteiger partial charge on any atom is -0.479 e. The molecule has 2 atom stereocenters. The molecule has 0 bridgehead atoms. The van der Waals surface area contributed by atoms with Crippen LogP contribution in [0.3, 0.4) is 0 Å². The summed E-state index contributed by atoms with van der Waals surface area (Å²) >= 11 is 7.37. The molecule has 2 amide bonds. The highest BCUT2D eigenvalue weighted by atomic mass is 32.2. The number of carboxylic acids is 1. The summed E-state index contributed by atoms with van der Waals surface area (Å²) in [7, 11) is 0. The number of carbonyl (C=O) groups is 3. The number of aliphatic hydroxyl groups is 1. The fraction of sp³-hybridized carbons (Fsp3) is 0.273. The minimum atomic E-state index is -4.84. The maximum Gasteiger partial charge on any atom is 0.419 e. The van der Waals surface area contributed by atoms with Crippen LogP contribution in [-0.2, 0) is 20.6 Å². The van der Waals surface area contributed by atoms with Crippen molar-refractivity contribution in [2.45, 2.75) is 31.7 Å². The SMILES string of the molecule is C[C@@H](NC(=O)CCN1C(=O)C(=Cc2cc(-c3ccc(F)c(C(F)(F)F)c3)cs2)SC1=S)[C@H](O)C(=O)O. The first-order valence-corrected chi connectivity index (χ1v) is 12.3. The molecular weight excluding hydrogens is 544 g/mol. The van der Waals surface area contributed by atoms with Gasteiger partial charge >= 0.3 is 12.1 Å². The van der Waals surface area contributed by atoms with E-state index in [1.165, 1.54) is 35.3 Å². The summed E-state index contributed by atoms with van der Waals surface area (Å²) in [6, 6.07) is 3.23. The number of aliphatic hydroxyl groups excluding tert-OH is 1. The quantitative estimate of drug-likeness (QED) is 0.253. The van der Waals surface area contributed by atoms with E-state index in [9.17, 15) is 37.1 Å². The predicted octanol–water partition coefficient (Wildman–Crippen LogP) is 4.11. The number of thiophene rings is 1. The maximum absolute atomic E-state index is 13.6. The molecule has 1 fully saturated rings. The summed E-state index contributed by atoms with van der Waals surface area (Å²) in [6.45, 7) is 1.25. The number of thiocarbonyl (C=S) groups is 1. The molecule has 1 aromatic heterocycles. The number of nitrogens with one attached hydrogen (secondary N) is 1. The van der Waals surface area contributed by atoms with Crippen molar-refractivity contribution in [3.8, 4) is 11.1 Å². The van der Waals surface area contributed by atoms with E-state index in [2.05, 4.69) is 5.32 Å². The molecule has 3 N–H and O–H groups in total. The first-order chi connectivity index (χ1) is 16.8. The van der Waals surface area contributed by atoms with Crippen molar-refractivity contribution in [2.24, 2.45) is 0 Å². The van der Waals surface area contributed by atoms with E-state index in [1.807, 2.05) is 0 Å². The number of carboxylic acid groups (broad SMARTS) is 1. The van der Waals surface area contributed by atoms with Gasteiger partial charge in [-0.15, -0.1) is 11.3 Å². The molecule has 0 aliphatic carbocycles. The van der Waals surface area contributed by atoms with Crippen LogP contribution in [-0.4, -0.2) is 55.9 Å². The second-order valence-corrected chi connectivity index (χ2v) is 10.3. The molecule has 1 aliphatic heterocycles.